The molecule has 0 radical (unpaired) electrons. The van der Waals surface area contributed by atoms with Crippen LogP contribution < -0.4 is 0 Å². The van der Waals surface area contributed by atoms with Gasteiger partial charge in [-0.3, -0.25) is 0 Å². The van der Waals surface area contributed by atoms with Gasteiger partial charge in [0.2, 0.25) is 0 Å². The van der Waals surface area contributed by atoms with Crippen LogP contribution in [0.4, 0.5) is 0 Å². The number of hydrogen-bond acceptors (Lipinski definition) is 1. The van der Waals surface area contributed by atoms with Crippen molar-refractivity contribution in [2.75, 3.05) is 0 Å². The summed E-state index contributed by atoms with van der Waals surface area (Å²) in [5.41, 5.74) is 0.978. The minimum atomic E-state index is -1.20. The van der Waals surface area contributed by atoms with Crippen molar-refractivity contribution in [2.45, 2.75) is 25.5 Å². The van der Waals surface area contributed by atoms with Crippen molar-refractivity contribution in [3.63, 3.8) is 0 Å². The quantitative estimate of drug-likeness (QED) is 0.756. The van der Waals surface area contributed by atoms with Gasteiger partial charge in [-0.15, -0.1) is 0 Å². The second-order valence-electron chi connectivity index (χ2n) is 5.20. The predicted octanol–water partition coefficient (Wildman–Crippen LogP) is 3.72. The van der Waals surface area contributed by atoms with E-state index in [1.54, 1.807) is 6.21 Å². The highest BCUT2D eigenvalue weighted by atomic mass is 32.2. The molecular weight excluding hydrogens is 242 g/mol. The molecule has 2 rings (SSSR count). The highest BCUT2D eigenvalue weighted by Crippen LogP contribution is 2.16. The Labute approximate surface area is 110 Å². The molecule has 3 heteroatoms. The van der Waals surface area contributed by atoms with Crippen molar-refractivity contribution in [1.82, 2.24) is 0 Å². The molecule has 94 valence electrons. The summed E-state index contributed by atoms with van der Waals surface area (Å²) < 4.78 is 15.6. The van der Waals surface area contributed by atoms with Gasteiger partial charge >= 0.3 is 0 Å². The number of hydrogen-bond donors (Lipinski definition) is 0. The van der Waals surface area contributed by atoms with Gasteiger partial charge in [0.15, 0.2) is 0 Å². The summed E-state index contributed by atoms with van der Waals surface area (Å²) in [6.07, 6.45) is 1.69. The number of rotatable bonds is 2. The van der Waals surface area contributed by atoms with E-state index in [9.17, 15) is 4.21 Å². The van der Waals surface area contributed by atoms with Crippen molar-refractivity contribution >= 4 is 28.0 Å². The third-order valence-electron chi connectivity index (χ3n) is 2.59. The van der Waals surface area contributed by atoms with Crippen molar-refractivity contribution in [3.05, 3.63) is 48.0 Å². The molecule has 0 fully saturated rings. The van der Waals surface area contributed by atoms with Crippen LogP contribution >= 0.6 is 0 Å². The third-order valence-corrected chi connectivity index (χ3v) is 3.94. The van der Waals surface area contributed by atoms with Crippen molar-refractivity contribution in [2.24, 2.45) is 4.40 Å². The lowest BCUT2D eigenvalue weighted by atomic mass is 10.1. The summed E-state index contributed by atoms with van der Waals surface area (Å²) in [7, 11) is -1.20. The molecule has 2 aromatic rings. The average molecular weight is 259 g/mol. The zero-order valence-electron chi connectivity index (χ0n) is 10.9. The van der Waals surface area contributed by atoms with Crippen LogP contribution in [0.5, 0.6) is 0 Å². The second-order valence-corrected chi connectivity index (χ2v) is 7.14. The van der Waals surface area contributed by atoms with E-state index in [0.717, 1.165) is 5.56 Å². The largest absolute Gasteiger partial charge is 0.234 e. The lowest BCUT2D eigenvalue weighted by Gasteiger charge is -2.12. The molecule has 2 nitrogen and oxygen atoms in total. The fourth-order valence-corrected chi connectivity index (χ4v) is 2.09. The summed E-state index contributed by atoms with van der Waals surface area (Å²) in [6, 6.07) is 14.3. The first-order valence-corrected chi connectivity index (χ1v) is 7.02. The maximum absolute atomic E-state index is 11.8. The molecule has 2 aromatic carbocycles. The maximum Gasteiger partial charge on any atom is 0.144 e. The molecule has 0 saturated carbocycles. The average Bonchev–Trinajstić information content (AvgIpc) is 2.34. The Morgan fingerprint density at radius 2 is 1.72 bits per heavy atom. The van der Waals surface area contributed by atoms with Crippen LogP contribution in [0.15, 0.2) is 46.9 Å². The minimum Gasteiger partial charge on any atom is -0.234 e. The Morgan fingerprint density at radius 3 is 2.39 bits per heavy atom. The van der Waals surface area contributed by atoms with Crippen LogP contribution in [-0.2, 0) is 11.0 Å². The monoisotopic (exact) mass is 259 g/mol. The van der Waals surface area contributed by atoms with Crippen LogP contribution in [0.2, 0.25) is 0 Å². The molecule has 0 heterocycles. The smallest absolute Gasteiger partial charge is 0.144 e. The van der Waals surface area contributed by atoms with Gasteiger partial charge in [-0.25, -0.2) is 4.21 Å². The summed E-state index contributed by atoms with van der Waals surface area (Å²) in [5, 5.41) is 2.37. The van der Waals surface area contributed by atoms with E-state index in [4.69, 9.17) is 0 Å². The molecule has 0 aromatic heterocycles. The predicted molar refractivity (Wildman–Crippen MR) is 79.4 cm³/mol. The van der Waals surface area contributed by atoms with Gasteiger partial charge in [0.1, 0.15) is 11.0 Å². The summed E-state index contributed by atoms with van der Waals surface area (Å²) in [6.45, 7) is 5.75. The molecule has 0 aliphatic carbocycles. The molecule has 0 aliphatic rings. The molecule has 0 amide bonds. The lowest BCUT2D eigenvalue weighted by molar-refractivity contribution is 0.651. The Kier molecular flexibility index (Phi) is 3.62. The van der Waals surface area contributed by atoms with E-state index in [1.165, 1.54) is 10.8 Å². The summed E-state index contributed by atoms with van der Waals surface area (Å²) in [5.74, 6) is 0. The molecular formula is C15H17NOS. The van der Waals surface area contributed by atoms with E-state index in [0.29, 0.717) is 0 Å². The third kappa shape index (κ3) is 3.05. The molecule has 0 saturated heterocycles. The Bertz CT molecular complexity index is 611. The second kappa shape index (κ2) is 5.02. The first kappa shape index (κ1) is 13.0. The normalized spacial score (nSPS) is 14.2. The molecule has 0 unspecified atom stereocenters. The standard InChI is InChI=1S/C15H17NOS/c1-15(2,3)18(17)16-11-12-8-9-13-6-4-5-7-14(13)10-12/h4-11H,1-3H3/t18-/m0/s1. The van der Waals surface area contributed by atoms with Crippen molar-refractivity contribution in [3.8, 4) is 0 Å². The number of benzene rings is 2. The first-order valence-electron chi connectivity index (χ1n) is 5.92. The molecule has 0 spiro atoms. The highest BCUT2D eigenvalue weighted by molar-refractivity contribution is 7.85. The van der Waals surface area contributed by atoms with Gasteiger partial charge in [0.05, 0.1) is 4.75 Å². The van der Waals surface area contributed by atoms with Gasteiger partial charge in [0.25, 0.3) is 0 Å². The number of nitrogens with zero attached hydrogens (tertiary/aromatic N) is 1. The van der Waals surface area contributed by atoms with Gasteiger partial charge in [-0.1, -0.05) is 36.4 Å². The van der Waals surface area contributed by atoms with Gasteiger partial charge in [0, 0.05) is 6.21 Å². The Balaban J connectivity index is 2.27. The molecule has 0 aliphatic heterocycles. The van der Waals surface area contributed by atoms with Gasteiger partial charge in [-0.2, -0.15) is 4.40 Å². The van der Waals surface area contributed by atoms with E-state index < -0.39 is 11.0 Å². The summed E-state index contributed by atoms with van der Waals surface area (Å²) in [4.78, 5) is 0. The Morgan fingerprint density at radius 1 is 1.06 bits per heavy atom. The first-order chi connectivity index (χ1) is 8.47. The van der Waals surface area contributed by atoms with E-state index in [-0.39, 0.29) is 4.75 Å². The molecule has 18 heavy (non-hydrogen) atoms. The van der Waals surface area contributed by atoms with Crippen molar-refractivity contribution in [1.29, 1.82) is 0 Å². The highest BCUT2D eigenvalue weighted by Gasteiger charge is 2.17. The van der Waals surface area contributed by atoms with E-state index >= 15 is 0 Å². The minimum absolute atomic E-state index is 0.312. The van der Waals surface area contributed by atoms with Crippen LogP contribution in [-0.4, -0.2) is 15.2 Å². The molecule has 0 N–H and O–H groups in total. The van der Waals surface area contributed by atoms with Gasteiger partial charge in [-0.05, 0) is 43.2 Å². The van der Waals surface area contributed by atoms with Crippen LogP contribution in [0.3, 0.4) is 0 Å². The maximum atomic E-state index is 11.8. The SMILES string of the molecule is CC(C)(C)[S@](=O)N=Cc1ccc2ccccc2c1. The van der Waals surface area contributed by atoms with Gasteiger partial charge < -0.3 is 0 Å². The molecule has 1 atom stereocenters. The summed E-state index contributed by atoms with van der Waals surface area (Å²) >= 11 is 0. The number of fused-ring (bicyclic) bond motifs is 1. The zero-order chi connectivity index (χ0) is 13.2. The topological polar surface area (TPSA) is 29.4 Å². The lowest BCUT2D eigenvalue weighted by Crippen LogP contribution is -2.19. The Hall–Kier alpha value is -1.48. The van der Waals surface area contributed by atoms with E-state index in [1.807, 2.05) is 39.0 Å². The van der Waals surface area contributed by atoms with E-state index in [2.05, 4.69) is 28.7 Å². The van der Waals surface area contributed by atoms with Crippen LogP contribution in [0.1, 0.15) is 26.3 Å². The van der Waals surface area contributed by atoms with Crippen LogP contribution in [0, 0.1) is 0 Å². The fourth-order valence-electron chi connectivity index (χ4n) is 1.55. The van der Waals surface area contributed by atoms with Crippen LogP contribution in [0.25, 0.3) is 10.8 Å². The molecule has 0 bridgehead atoms. The van der Waals surface area contributed by atoms with Crippen molar-refractivity contribution < 1.29 is 4.21 Å². The zero-order valence-corrected chi connectivity index (χ0v) is 11.7. The fraction of sp³-hybridized carbons (Fsp3) is 0.267.